The highest BCUT2D eigenvalue weighted by Crippen LogP contribution is 2.27. The van der Waals surface area contributed by atoms with Gasteiger partial charge in [0.2, 0.25) is 0 Å². The molecular weight excluding hydrogens is 445 g/mol. The molecule has 0 unspecified atom stereocenters. The number of nitrogens with zero attached hydrogens (tertiary/aromatic N) is 2. The van der Waals surface area contributed by atoms with Crippen LogP contribution >= 0.6 is 38.5 Å². The fraction of sp³-hybridized carbons (Fsp3) is 0.133. The number of aromatic nitrogens is 3. The molecule has 0 bridgehead atoms. The second-order valence-electron chi connectivity index (χ2n) is 4.54. The van der Waals surface area contributed by atoms with Gasteiger partial charge in [0.25, 0.3) is 5.56 Å². The Bertz CT molecular complexity index is 892. The van der Waals surface area contributed by atoms with Crippen molar-refractivity contribution in [3.05, 3.63) is 54.4 Å². The van der Waals surface area contributed by atoms with Crippen LogP contribution < -0.4 is 5.56 Å². The lowest BCUT2D eigenvalue weighted by Gasteiger charge is -2.08. The van der Waals surface area contributed by atoms with Crippen LogP contribution in [0.3, 0.4) is 0 Å². The summed E-state index contributed by atoms with van der Waals surface area (Å²) in [6, 6.07) is 9.83. The molecular formula is C15H11BrIN3O. The molecule has 2 aromatic heterocycles. The van der Waals surface area contributed by atoms with Crippen molar-refractivity contribution in [1.29, 1.82) is 0 Å². The number of para-hydroxylation sites is 1. The van der Waals surface area contributed by atoms with E-state index in [-0.39, 0.29) is 5.56 Å². The zero-order valence-electron chi connectivity index (χ0n) is 11.2. The van der Waals surface area contributed by atoms with Gasteiger partial charge in [0.15, 0.2) is 5.82 Å². The van der Waals surface area contributed by atoms with Crippen molar-refractivity contribution >= 4 is 49.4 Å². The van der Waals surface area contributed by atoms with E-state index in [1.54, 1.807) is 0 Å². The number of fused-ring (bicyclic) bond motifs is 1. The monoisotopic (exact) mass is 455 g/mol. The van der Waals surface area contributed by atoms with Gasteiger partial charge in [0.05, 0.1) is 14.8 Å². The number of nitrogens with one attached hydrogen (secondary N) is 1. The molecule has 0 fully saturated rings. The van der Waals surface area contributed by atoms with E-state index in [0.29, 0.717) is 21.5 Å². The maximum absolute atomic E-state index is 12.0. The van der Waals surface area contributed by atoms with Crippen molar-refractivity contribution in [3.8, 4) is 11.5 Å². The first-order chi connectivity index (χ1) is 10.1. The van der Waals surface area contributed by atoms with Gasteiger partial charge in [0, 0.05) is 9.86 Å². The average molecular weight is 456 g/mol. The molecule has 3 aromatic rings. The van der Waals surface area contributed by atoms with Crippen molar-refractivity contribution in [3.63, 3.8) is 0 Å². The molecule has 0 saturated heterocycles. The Morgan fingerprint density at radius 2 is 2.05 bits per heavy atom. The lowest BCUT2D eigenvalue weighted by molar-refractivity contribution is 0.962. The van der Waals surface area contributed by atoms with Gasteiger partial charge in [0.1, 0.15) is 5.69 Å². The summed E-state index contributed by atoms with van der Waals surface area (Å²) in [4.78, 5) is 24.0. The Labute approximate surface area is 143 Å². The van der Waals surface area contributed by atoms with E-state index in [4.69, 9.17) is 0 Å². The highest BCUT2D eigenvalue weighted by molar-refractivity contribution is 14.1. The lowest BCUT2D eigenvalue weighted by Crippen LogP contribution is -2.16. The number of halogens is 2. The molecule has 106 valence electrons. The zero-order valence-corrected chi connectivity index (χ0v) is 14.9. The first-order valence-electron chi connectivity index (χ1n) is 6.44. The molecule has 0 atom stereocenters. The number of hydrogen-bond acceptors (Lipinski definition) is 3. The fourth-order valence-electron chi connectivity index (χ4n) is 2.11. The van der Waals surface area contributed by atoms with Gasteiger partial charge >= 0.3 is 0 Å². The Hall–Kier alpha value is -1.28. The molecule has 6 heteroatoms. The van der Waals surface area contributed by atoms with Crippen molar-refractivity contribution in [2.75, 3.05) is 0 Å². The second kappa shape index (κ2) is 5.84. The minimum absolute atomic E-state index is 0.126. The van der Waals surface area contributed by atoms with E-state index in [2.05, 4.69) is 30.9 Å². The van der Waals surface area contributed by atoms with Crippen LogP contribution in [0.15, 0.2) is 39.6 Å². The van der Waals surface area contributed by atoms with Crippen LogP contribution in [-0.2, 0) is 6.42 Å². The van der Waals surface area contributed by atoms with Gasteiger partial charge < -0.3 is 4.98 Å². The molecule has 1 N–H and O–H groups in total. The summed E-state index contributed by atoms with van der Waals surface area (Å²) in [5, 5.41) is 1.04. The van der Waals surface area contributed by atoms with E-state index in [1.807, 2.05) is 59.8 Å². The van der Waals surface area contributed by atoms with Crippen molar-refractivity contribution < 1.29 is 0 Å². The Balaban J connectivity index is 2.27. The van der Waals surface area contributed by atoms with Gasteiger partial charge in [-0.05, 0) is 57.1 Å². The predicted octanol–water partition coefficient (Wildman–Crippen LogP) is 3.91. The molecule has 4 nitrogen and oxygen atoms in total. The Morgan fingerprint density at radius 3 is 2.81 bits per heavy atom. The van der Waals surface area contributed by atoms with Crippen LogP contribution in [-0.4, -0.2) is 15.0 Å². The first-order valence-corrected chi connectivity index (χ1v) is 8.31. The van der Waals surface area contributed by atoms with Crippen LogP contribution in [0.4, 0.5) is 0 Å². The van der Waals surface area contributed by atoms with Crippen LogP contribution in [0.1, 0.15) is 12.6 Å². The van der Waals surface area contributed by atoms with Crippen LogP contribution in [0.25, 0.3) is 22.4 Å². The molecule has 0 radical (unpaired) electrons. The topological polar surface area (TPSA) is 58.6 Å². The summed E-state index contributed by atoms with van der Waals surface area (Å²) in [6.45, 7) is 1.98. The molecule has 0 aliphatic heterocycles. The maximum Gasteiger partial charge on any atom is 0.264 e. The molecule has 0 spiro atoms. The first kappa shape index (κ1) is 14.6. The normalized spacial score (nSPS) is 11.0. The third-order valence-electron chi connectivity index (χ3n) is 3.17. The number of hydrogen-bond donors (Lipinski definition) is 1. The number of benzene rings is 1. The predicted molar refractivity (Wildman–Crippen MR) is 95.4 cm³/mol. The SMILES string of the molecule is CCc1nc(-c2nc3ccccc3cc2Br)[nH]c(=O)c1I. The molecule has 0 amide bonds. The van der Waals surface area contributed by atoms with Gasteiger partial charge in [-0.1, -0.05) is 25.1 Å². The molecule has 0 saturated carbocycles. The number of aromatic amines is 1. The summed E-state index contributed by atoms with van der Waals surface area (Å²) in [6.07, 6.45) is 0.709. The number of pyridine rings is 1. The number of H-pyrrole nitrogens is 1. The van der Waals surface area contributed by atoms with Crippen molar-refractivity contribution in [2.24, 2.45) is 0 Å². The van der Waals surface area contributed by atoms with E-state index in [0.717, 1.165) is 21.1 Å². The minimum atomic E-state index is -0.126. The summed E-state index contributed by atoms with van der Waals surface area (Å²) >= 11 is 5.54. The largest absolute Gasteiger partial charge is 0.304 e. The summed E-state index contributed by atoms with van der Waals surface area (Å²) < 4.78 is 1.45. The molecule has 0 aliphatic rings. The smallest absolute Gasteiger partial charge is 0.264 e. The number of aryl methyl sites for hydroxylation is 1. The van der Waals surface area contributed by atoms with E-state index in [9.17, 15) is 4.79 Å². The average Bonchev–Trinajstić information content (AvgIpc) is 2.49. The fourth-order valence-corrected chi connectivity index (χ4v) is 3.27. The van der Waals surface area contributed by atoms with E-state index < -0.39 is 0 Å². The van der Waals surface area contributed by atoms with Gasteiger partial charge in [-0.2, -0.15) is 0 Å². The molecule has 1 aromatic carbocycles. The quantitative estimate of drug-likeness (QED) is 0.596. The zero-order chi connectivity index (χ0) is 15.0. The highest BCUT2D eigenvalue weighted by Gasteiger charge is 2.13. The summed E-state index contributed by atoms with van der Waals surface area (Å²) in [7, 11) is 0. The molecule has 0 aliphatic carbocycles. The van der Waals surface area contributed by atoms with Gasteiger partial charge in [-0.15, -0.1) is 0 Å². The standard InChI is InChI=1S/C15H11BrIN3O/c1-2-10-12(17)15(21)20-14(19-10)13-9(16)7-8-5-3-4-6-11(8)18-13/h3-7H,2H2,1H3,(H,19,20,21). The molecule has 3 rings (SSSR count). The van der Waals surface area contributed by atoms with Crippen molar-refractivity contribution in [2.45, 2.75) is 13.3 Å². The van der Waals surface area contributed by atoms with Crippen molar-refractivity contribution in [1.82, 2.24) is 15.0 Å². The molecule has 21 heavy (non-hydrogen) atoms. The van der Waals surface area contributed by atoms with Crippen LogP contribution in [0.2, 0.25) is 0 Å². The third-order valence-corrected chi connectivity index (χ3v) is 4.89. The lowest BCUT2D eigenvalue weighted by atomic mass is 10.2. The molecule has 2 heterocycles. The second-order valence-corrected chi connectivity index (χ2v) is 6.47. The Kier molecular flexibility index (Phi) is 4.08. The number of rotatable bonds is 2. The van der Waals surface area contributed by atoms with Crippen LogP contribution in [0, 0.1) is 3.57 Å². The maximum atomic E-state index is 12.0. The third kappa shape index (κ3) is 2.74. The van der Waals surface area contributed by atoms with Crippen LogP contribution in [0.5, 0.6) is 0 Å². The van der Waals surface area contributed by atoms with E-state index >= 15 is 0 Å². The summed E-state index contributed by atoms with van der Waals surface area (Å²) in [5.41, 5.74) is 2.18. The van der Waals surface area contributed by atoms with Gasteiger partial charge in [-0.3, -0.25) is 4.79 Å². The highest BCUT2D eigenvalue weighted by atomic mass is 127. The minimum Gasteiger partial charge on any atom is -0.304 e. The van der Waals surface area contributed by atoms with E-state index in [1.165, 1.54) is 0 Å². The Morgan fingerprint density at radius 1 is 1.29 bits per heavy atom. The summed E-state index contributed by atoms with van der Waals surface area (Å²) in [5.74, 6) is 0.495. The van der Waals surface area contributed by atoms with Gasteiger partial charge in [-0.25, -0.2) is 9.97 Å².